The first kappa shape index (κ1) is 25.5. The second-order valence-electron chi connectivity index (χ2n) is 6.80. The van der Waals surface area contributed by atoms with Crippen molar-refractivity contribution < 1.29 is 22.3 Å². The number of hydrogen-bond acceptors (Lipinski definition) is 4. The van der Waals surface area contributed by atoms with E-state index in [0.29, 0.717) is 29.7 Å². The smallest absolute Gasteiger partial charge is 0.422 e. The maximum atomic E-state index is 12.5. The monoisotopic (exact) mass is 560 g/mol. The third-order valence-electron chi connectivity index (χ3n) is 4.29. The van der Waals surface area contributed by atoms with Crippen LogP contribution in [0.1, 0.15) is 16.8 Å². The van der Waals surface area contributed by atoms with E-state index < -0.39 is 12.8 Å². The Morgan fingerprint density at radius 1 is 1.09 bits per heavy atom. The number of aromatic nitrogens is 1. The molecule has 0 amide bonds. The molecule has 0 atom stereocenters. The lowest BCUT2D eigenvalue weighted by Gasteiger charge is -2.16. The number of alkyl halides is 3. The highest BCUT2D eigenvalue weighted by atomic mass is 127. The van der Waals surface area contributed by atoms with Crippen LogP contribution in [0, 0.1) is 6.92 Å². The summed E-state index contributed by atoms with van der Waals surface area (Å²) in [4.78, 5) is 8.57. The lowest BCUT2D eigenvalue weighted by Crippen LogP contribution is -2.36. The number of guanidine groups is 1. The molecule has 3 aromatic rings. The Bertz CT molecular complexity index is 1020. The SMILES string of the molecule is CN=C(NCc1coc(-c2ccccc2)n1)NCc1ccc(C)cc1OCC(F)(F)F.I. The van der Waals surface area contributed by atoms with Gasteiger partial charge in [0.2, 0.25) is 5.89 Å². The summed E-state index contributed by atoms with van der Waals surface area (Å²) >= 11 is 0. The van der Waals surface area contributed by atoms with Crippen molar-refractivity contribution in [3.63, 3.8) is 0 Å². The molecule has 0 bridgehead atoms. The van der Waals surface area contributed by atoms with Crippen molar-refractivity contribution in [1.29, 1.82) is 0 Å². The Kier molecular flexibility index (Phi) is 9.36. The number of hydrogen-bond donors (Lipinski definition) is 2. The van der Waals surface area contributed by atoms with Gasteiger partial charge in [-0.3, -0.25) is 4.99 Å². The predicted octanol–water partition coefficient (Wildman–Crippen LogP) is 5.07. The van der Waals surface area contributed by atoms with Gasteiger partial charge in [0.25, 0.3) is 0 Å². The summed E-state index contributed by atoms with van der Waals surface area (Å²) in [5, 5.41) is 6.17. The number of aliphatic imine (C=N–C) groups is 1. The number of oxazole rings is 1. The zero-order valence-electron chi connectivity index (χ0n) is 17.6. The van der Waals surface area contributed by atoms with Crippen LogP contribution in [0.25, 0.3) is 11.5 Å². The van der Waals surface area contributed by atoms with Gasteiger partial charge in [0.15, 0.2) is 12.6 Å². The van der Waals surface area contributed by atoms with Crippen molar-refractivity contribution in [2.24, 2.45) is 4.99 Å². The van der Waals surface area contributed by atoms with Crippen molar-refractivity contribution in [3.8, 4) is 17.2 Å². The second kappa shape index (κ2) is 11.7. The Labute approximate surface area is 201 Å². The van der Waals surface area contributed by atoms with Gasteiger partial charge >= 0.3 is 6.18 Å². The Hall–Kier alpha value is -2.76. The Morgan fingerprint density at radius 3 is 2.50 bits per heavy atom. The first-order valence-electron chi connectivity index (χ1n) is 9.57. The Morgan fingerprint density at radius 2 is 1.81 bits per heavy atom. The van der Waals surface area contributed by atoms with Gasteiger partial charge in [-0.1, -0.05) is 30.3 Å². The van der Waals surface area contributed by atoms with E-state index in [9.17, 15) is 13.2 Å². The second-order valence-corrected chi connectivity index (χ2v) is 6.80. The van der Waals surface area contributed by atoms with Crippen LogP contribution in [0.2, 0.25) is 0 Å². The lowest BCUT2D eigenvalue weighted by atomic mass is 10.1. The van der Waals surface area contributed by atoms with Crippen molar-refractivity contribution in [1.82, 2.24) is 15.6 Å². The molecular formula is C22H24F3IN4O2. The largest absolute Gasteiger partial charge is 0.484 e. The molecule has 1 aromatic heterocycles. The maximum absolute atomic E-state index is 12.5. The summed E-state index contributed by atoms with van der Waals surface area (Å²) in [6, 6.07) is 14.7. The number of halogens is 4. The van der Waals surface area contributed by atoms with E-state index in [1.807, 2.05) is 36.4 Å². The minimum atomic E-state index is -4.40. The van der Waals surface area contributed by atoms with Crippen LogP contribution in [-0.4, -0.2) is 30.8 Å². The molecule has 0 aliphatic carbocycles. The van der Waals surface area contributed by atoms with E-state index in [2.05, 4.69) is 20.6 Å². The molecule has 2 aromatic carbocycles. The quantitative estimate of drug-likeness (QED) is 0.240. The molecule has 0 saturated carbocycles. The van der Waals surface area contributed by atoms with Gasteiger partial charge in [-0.05, 0) is 30.7 Å². The predicted molar refractivity (Wildman–Crippen MR) is 127 cm³/mol. The first-order chi connectivity index (χ1) is 14.8. The van der Waals surface area contributed by atoms with E-state index in [0.717, 1.165) is 11.1 Å². The lowest BCUT2D eigenvalue weighted by molar-refractivity contribution is -0.153. The summed E-state index contributed by atoms with van der Waals surface area (Å²) in [5.41, 5.74) is 2.96. The molecular weight excluding hydrogens is 536 g/mol. The number of nitrogens with one attached hydrogen (secondary N) is 2. The van der Waals surface area contributed by atoms with Crippen LogP contribution in [-0.2, 0) is 13.1 Å². The molecule has 1 heterocycles. The molecule has 0 aliphatic heterocycles. The molecule has 0 unspecified atom stereocenters. The van der Waals surface area contributed by atoms with Gasteiger partial charge in [0.05, 0.1) is 12.2 Å². The molecule has 3 rings (SSSR count). The zero-order chi connectivity index (χ0) is 22.3. The molecule has 2 N–H and O–H groups in total. The molecule has 0 spiro atoms. The molecule has 0 aliphatic rings. The zero-order valence-corrected chi connectivity index (χ0v) is 19.9. The summed E-state index contributed by atoms with van der Waals surface area (Å²) in [7, 11) is 1.60. The van der Waals surface area contributed by atoms with E-state index in [1.54, 1.807) is 32.4 Å². The number of aryl methyl sites for hydroxylation is 1. The van der Waals surface area contributed by atoms with Crippen LogP contribution in [0.5, 0.6) is 5.75 Å². The molecule has 32 heavy (non-hydrogen) atoms. The molecule has 10 heteroatoms. The number of ether oxygens (including phenoxy) is 1. The number of nitrogens with zero attached hydrogens (tertiary/aromatic N) is 2. The van der Waals surface area contributed by atoms with E-state index in [1.165, 1.54) is 0 Å². The minimum absolute atomic E-state index is 0. The molecule has 0 saturated heterocycles. The average molecular weight is 560 g/mol. The first-order valence-corrected chi connectivity index (χ1v) is 9.57. The summed E-state index contributed by atoms with van der Waals surface area (Å²) in [5.74, 6) is 1.17. The van der Waals surface area contributed by atoms with Gasteiger partial charge in [-0.15, -0.1) is 24.0 Å². The van der Waals surface area contributed by atoms with Gasteiger partial charge in [0, 0.05) is 24.7 Å². The summed E-state index contributed by atoms with van der Waals surface area (Å²) in [6.07, 6.45) is -2.84. The number of rotatable bonds is 7. The standard InChI is InChI=1S/C22H23F3N4O2.HI/c1-15-8-9-17(19(10-15)31-14-22(23,24)25)11-27-21(26-2)28-12-18-13-30-20(29-18)16-6-4-3-5-7-16;/h3-10,13H,11-12,14H2,1-2H3,(H2,26,27,28);1H. The van der Waals surface area contributed by atoms with Crippen molar-refractivity contribution in [2.75, 3.05) is 13.7 Å². The minimum Gasteiger partial charge on any atom is -0.484 e. The van der Waals surface area contributed by atoms with Crippen LogP contribution in [0.4, 0.5) is 13.2 Å². The van der Waals surface area contributed by atoms with Gasteiger partial charge < -0.3 is 19.8 Å². The maximum Gasteiger partial charge on any atom is 0.422 e. The van der Waals surface area contributed by atoms with E-state index in [-0.39, 0.29) is 36.3 Å². The highest BCUT2D eigenvalue weighted by Gasteiger charge is 2.28. The van der Waals surface area contributed by atoms with Gasteiger partial charge in [-0.25, -0.2) is 4.98 Å². The van der Waals surface area contributed by atoms with Gasteiger partial charge in [-0.2, -0.15) is 13.2 Å². The fourth-order valence-electron chi connectivity index (χ4n) is 2.78. The van der Waals surface area contributed by atoms with Crippen LogP contribution >= 0.6 is 24.0 Å². The molecule has 0 fully saturated rings. The third-order valence-corrected chi connectivity index (χ3v) is 4.29. The highest BCUT2D eigenvalue weighted by Crippen LogP contribution is 2.24. The highest BCUT2D eigenvalue weighted by molar-refractivity contribution is 14.0. The Balaban J connectivity index is 0.00000363. The van der Waals surface area contributed by atoms with Crippen molar-refractivity contribution in [3.05, 3.63) is 71.6 Å². The summed E-state index contributed by atoms with van der Waals surface area (Å²) < 4.78 is 48.1. The van der Waals surface area contributed by atoms with E-state index >= 15 is 0 Å². The normalized spacial score (nSPS) is 11.6. The molecule has 172 valence electrons. The molecule has 0 radical (unpaired) electrons. The molecule has 6 nitrogen and oxygen atoms in total. The van der Waals surface area contributed by atoms with Crippen LogP contribution in [0.15, 0.2) is 64.2 Å². The summed E-state index contributed by atoms with van der Waals surface area (Å²) in [6.45, 7) is 1.05. The fourth-order valence-corrected chi connectivity index (χ4v) is 2.78. The topological polar surface area (TPSA) is 71.7 Å². The van der Waals surface area contributed by atoms with Crippen molar-refractivity contribution >= 4 is 29.9 Å². The van der Waals surface area contributed by atoms with Crippen LogP contribution in [0.3, 0.4) is 0 Å². The van der Waals surface area contributed by atoms with E-state index in [4.69, 9.17) is 9.15 Å². The fraction of sp³-hybridized carbons (Fsp3) is 0.273. The average Bonchev–Trinajstić information content (AvgIpc) is 3.22. The van der Waals surface area contributed by atoms with Crippen LogP contribution < -0.4 is 15.4 Å². The van der Waals surface area contributed by atoms with Crippen molar-refractivity contribution in [2.45, 2.75) is 26.2 Å². The van der Waals surface area contributed by atoms with Gasteiger partial charge in [0.1, 0.15) is 12.0 Å². The third kappa shape index (κ3) is 7.74. The number of benzene rings is 2.